The minimum Gasteiger partial charge on any atom is -0.491 e. The van der Waals surface area contributed by atoms with Gasteiger partial charge in [0.1, 0.15) is 24.7 Å². The number of carbonyl (C=O) groups is 2. The lowest BCUT2D eigenvalue weighted by atomic mass is 10.00. The monoisotopic (exact) mass is 494 g/mol. The average Bonchev–Trinajstić information content (AvgIpc) is 3.35. The number of benzene rings is 2. The van der Waals surface area contributed by atoms with E-state index >= 15 is 0 Å². The fourth-order valence-corrected chi connectivity index (χ4v) is 5.36. The number of amides is 2. The van der Waals surface area contributed by atoms with Gasteiger partial charge in [-0.05, 0) is 73.5 Å². The van der Waals surface area contributed by atoms with Crippen molar-refractivity contribution in [2.45, 2.75) is 45.7 Å². The van der Waals surface area contributed by atoms with E-state index in [1.165, 1.54) is 23.1 Å². The van der Waals surface area contributed by atoms with E-state index in [0.717, 1.165) is 23.3 Å². The Morgan fingerprint density at radius 1 is 1.20 bits per heavy atom. The normalized spacial score (nSPS) is 15.9. The topological polar surface area (TPSA) is 49.9 Å². The van der Waals surface area contributed by atoms with Crippen LogP contribution in [0.3, 0.4) is 0 Å². The Labute approximate surface area is 210 Å². The van der Waals surface area contributed by atoms with Crippen molar-refractivity contribution in [2.24, 2.45) is 0 Å². The van der Waals surface area contributed by atoms with Crippen LogP contribution in [-0.2, 0) is 11.2 Å². The molecular formula is C28H31FN2O3S. The molecule has 4 rings (SSSR count). The van der Waals surface area contributed by atoms with Crippen LogP contribution in [0.15, 0.2) is 60.0 Å². The van der Waals surface area contributed by atoms with Gasteiger partial charge in [0.15, 0.2) is 0 Å². The zero-order valence-electron chi connectivity index (χ0n) is 20.4. The van der Waals surface area contributed by atoms with Crippen molar-refractivity contribution in [3.63, 3.8) is 0 Å². The van der Waals surface area contributed by atoms with Gasteiger partial charge in [0, 0.05) is 23.0 Å². The summed E-state index contributed by atoms with van der Waals surface area (Å²) in [5.41, 5.74) is 2.39. The minimum atomic E-state index is -0.472. The zero-order valence-corrected chi connectivity index (χ0v) is 21.2. The third-order valence-electron chi connectivity index (χ3n) is 6.67. The van der Waals surface area contributed by atoms with Crippen LogP contribution in [0.1, 0.15) is 52.7 Å². The summed E-state index contributed by atoms with van der Waals surface area (Å²) in [5.74, 6) is -0.149. The second kappa shape index (κ2) is 11.0. The van der Waals surface area contributed by atoms with Gasteiger partial charge in [-0.1, -0.05) is 31.2 Å². The molecule has 3 aromatic rings. The lowest BCUT2D eigenvalue weighted by Crippen LogP contribution is -2.49. The number of hydrogen-bond donors (Lipinski definition) is 0. The molecule has 2 heterocycles. The lowest BCUT2D eigenvalue weighted by molar-refractivity contribution is -0.136. The first-order valence-electron chi connectivity index (χ1n) is 12.0. The van der Waals surface area contributed by atoms with Crippen LogP contribution in [0.4, 0.5) is 4.39 Å². The molecule has 5 nitrogen and oxygen atoms in total. The average molecular weight is 495 g/mol. The van der Waals surface area contributed by atoms with E-state index in [9.17, 15) is 14.0 Å². The van der Waals surface area contributed by atoms with Crippen molar-refractivity contribution in [1.29, 1.82) is 0 Å². The summed E-state index contributed by atoms with van der Waals surface area (Å²) in [4.78, 5) is 31.6. The molecule has 0 fully saturated rings. The maximum atomic E-state index is 13.8. The number of ether oxygens (including phenoxy) is 1. The van der Waals surface area contributed by atoms with E-state index in [-0.39, 0.29) is 36.0 Å². The number of rotatable bonds is 8. The van der Waals surface area contributed by atoms with Crippen LogP contribution in [-0.4, -0.2) is 47.4 Å². The van der Waals surface area contributed by atoms with Gasteiger partial charge in [0.05, 0.1) is 6.04 Å². The zero-order chi connectivity index (χ0) is 24.9. The molecule has 0 radical (unpaired) electrons. The Balaban J connectivity index is 1.56. The standard InChI is InChI=1S/C28H31FN2O3S/c1-4-20(3)31(28(33)21-9-7-10-22(29)16-21)17-27(32)30-14-12-26-23(13-15-35-26)24(30)18-34-25-11-6-5-8-19(25)2/h5-11,13,15-16,20,24H,4,12,14,17-18H2,1-3H3/t20-,24-/m1/s1. The third kappa shape index (κ3) is 5.56. The Bertz CT molecular complexity index is 1190. The van der Waals surface area contributed by atoms with Crippen LogP contribution in [0.2, 0.25) is 0 Å². The van der Waals surface area contributed by atoms with E-state index in [1.54, 1.807) is 22.3 Å². The molecule has 0 spiro atoms. The molecule has 0 saturated carbocycles. The summed E-state index contributed by atoms with van der Waals surface area (Å²) >= 11 is 1.70. The first-order valence-corrected chi connectivity index (χ1v) is 12.9. The minimum absolute atomic E-state index is 0.0648. The molecule has 35 heavy (non-hydrogen) atoms. The number of para-hydroxylation sites is 1. The van der Waals surface area contributed by atoms with E-state index in [0.29, 0.717) is 19.6 Å². The Hall–Kier alpha value is -3.19. The number of carbonyl (C=O) groups excluding carboxylic acids is 2. The largest absolute Gasteiger partial charge is 0.491 e. The smallest absolute Gasteiger partial charge is 0.254 e. The van der Waals surface area contributed by atoms with Crippen molar-refractivity contribution >= 4 is 23.2 Å². The van der Waals surface area contributed by atoms with Crippen molar-refractivity contribution < 1.29 is 18.7 Å². The fourth-order valence-electron chi connectivity index (χ4n) is 4.43. The molecular weight excluding hydrogens is 463 g/mol. The van der Waals surface area contributed by atoms with Crippen LogP contribution < -0.4 is 4.74 Å². The van der Waals surface area contributed by atoms with Gasteiger partial charge in [-0.15, -0.1) is 11.3 Å². The van der Waals surface area contributed by atoms with Crippen LogP contribution >= 0.6 is 11.3 Å². The molecule has 2 amide bonds. The van der Waals surface area contributed by atoms with Crippen molar-refractivity contribution in [2.75, 3.05) is 19.7 Å². The molecule has 2 aromatic carbocycles. The van der Waals surface area contributed by atoms with Gasteiger partial charge < -0.3 is 14.5 Å². The SMILES string of the molecule is CC[C@@H](C)N(CC(=O)N1CCc2sccc2[C@H]1COc1ccccc1C)C(=O)c1cccc(F)c1. The first-order chi connectivity index (χ1) is 16.9. The quantitative estimate of drug-likeness (QED) is 0.407. The number of halogens is 1. The van der Waals surface area contributed by atoms with Crippen molar-refractivity contribution in [3.05, 3.63) is 87.4 Å². The van der Waals surface area contributed by atoms with Crippen LogP contribution in [0, 0.1) is 12.7 Å². The van der Waals surface area contributed by atoms with Gasteiger partial charge in [0.25, 0.3) is 5.91 Å². The second-order valence-corrected chi connectivity index (χ2v) is 9.93. The molecule has 1 aliphatic rings. The Morgan fingerprint density at radius 3 is 2.74 bits per heavy atom. The summed E-state index contributed by atoms with van der Waals surface area (Å²) in [6.07, 6.45) is 1.46. The number of fused-ring (bicyclic) bond motifs is 1. The maximum absolute atomic E-state index is 13.8. The number of aryl methyl sites for hydroxylation is 1. The summed E-state index contributed by atoms with van der Waals surface area (Å²) in [6, 6.07) is 15.1. The summed E-state index contributed by atoms with van der Waals surface area (Å²) in [6.45, 7) is 6.72. The molecule has 0 saturated heterocycles. The van der Waals surface area contributed by atoms with Gasteiger partial charge in [0.2, 0.25) is 5.91 Å². The van der Waals surface area contributed by atoms with Crippen molar-refractivity contribution in [1.82, 2.24) is 9.80 Å². The molecule has 1 aromatic heterocycles. The Kier molecular flexibility index (Phi) is 7.86. The Morgan fingerprint density at radius 2 is 2.00 bits per heavy atom. The van der Waals surface area contributed by atoms with Crippen LogP contribution in [0.5, 0.6) is 5.75 Å². The highest BCUT2D eigenvalue weighted by Gasteiger charge is 2.34. The highest BCUT2D eigenvalue weighted by atomic mass is 32.1. The van der Waals surface area contributed by atoms with E-state index in [4.69, 9.17) is 4.74 Å². The molecule has 7 heteroatoms. The van der Waals surface area contributed by atoms with Gasteiger partial charge in [-0.2, -0.15) is 0 Å². The highest BCUT2D eigenvalue weighted by Crippen LogP contribution is 2.34. The first kappa shape index (κ1) is 24.9. The number of thiophene rings is 1. The van der Waals surface area contributed by atoms with Gasteiger partial charge >= 0.3 is 0 Å². The molecule has 2 atom stereocenters. The fraction of sp³-hybridized carbons (Fsp3) is 0.357. The second-order valence-electron chi connectivity index (χ2n) is 8.93. The lowest BCUT2D eigenvalue weighted by Gasteiger charge is -2.38. The van der Waals surface area contributed by atoms with Crippen LogP contribution in [0.25, 0.3) is 0 Å². The molecule has 0 bridgehead atoms. The maximum Gasteiger partial charge on any atom is 0.254 e. The molecule has 0 aliphatic carbocycles. The molecule has 184 valence electrons. The van der Waals surface area contributed by atoms with Crippen molar-refractivity contribution in [3.8, 4) is 5.75 Å². The third-order valence-corrected chi connectivity index (χ3v) is 7.66. The summed E-state index contributed by atoms with van der Waals surface area (Å²) in [5, 5.41) is 2.05. The number of hydrogen-bond acceptors (Lipinski definition) is 4. The van der Waals surface area contributed by atoms with Gasteiger partial charge in [-0.25, -0.2) is 4.39 Å². The summed E-state index contributed by atoms with van der Waals surface area (Å²) < 4.78 is 20.0. The molecule has 1 aliphatic heterocycles. The van der Waals surface area contributed by atoms with E-state index in [2.05, 4.69) is 11.4 Å². The molecule has 0 N–H and O–H groups in total. The molecule has 0 unspecified atom stereocenters. The predicted octanol–water partition coefficient (Wildman–Crippen LogP) is 5.64. The number of nitrogens with zero attached hydrogens (tertiary/aromatic N) is 2. The summed E-state index contributed by atoms with van der Waals surface area (Å²) in [7, 11) is 0. The predicted molar refractivity (Wildman–Crippen MR) is 136 cm³/mol. The van der Waals surface area contributed by atoms with E-state index in [1.807, 2.05) is 49.9 Å². The van der Waals surface area contributed by atoms with Gasteiger partial charge in [-0.3, -0.25) is 9.59 Å². The van der Waals surface area contributed by atoms with E-state index < -0.39 is 5.82 Å². The highest BCUT2D eigenvalue weighted by molar-refractivity contribution is 7.10.